The monoisotopic (exact) mass is 327 g/mol. The third-order valence-corrected chi connectivity index (χ3v) is 5.08. The number of hydrogen-bond acceptors (Lipinski definition) is 3. The van der Waals surface area contributed by atoms with Gasteiger partial charge >= 0.3 is 0 Å². The standard InChI is InChI=1S/C16H22ClNO2S/c1-16(20)8-2-10-18(11-9-16)15(19)7-12-21-14-5-3-13(17)4-6-14/h3-6,20H,2,7-12H2,1H3. The maximum Gasteiger partial charge on any atom is 0.223 e. The fourth-order valence-corrected chi connectivity index (χ4v) is 3.42. The SMILES string of the molecule is CC1(O)CCCN(C(=O)CCSc2ccc(Cl)cc2)CC1. The van der Waals surface area contributed by atoms with Crippen LogP contribution in [0, 0.1) is 0 Å². The smallest absolute Gasteiger partial charge is 0.223 e. The van der Waals surface area contributed by atoms with Crippen LogP contribution < -0.4 is 0 Å². The van der Waals surface area contributed by atoms with Crippen molar-refractivity contribution < 1.29 is 9.90 Å². The molecule has 5 heteroatoms. The van der Waals surface area contributed by atoms with Crippen LogP contribution in [0.1, 0.15) is 32.6 Å². The molecule has 0 bridgehead atoms. The summed E-state index contributed by atoms with van der Waals surface area (Å²) in [6.07, 6.45) is 2.86. The molecule has 21 heavy (non-hydrogen) atoms. The number of aliphatic hydroxyl groups is 1. The Morgan fingerprint density at radius 3 is 2.76 bits per heavy atom. The highest BCUT2D eigenvalue weighted by Gasteiger charge is 2.26. The van der Waals surface area contributed by atoms with Crippen molar-refractivity contribution in [2.24, 2.45) is 0 Å². The van der Waals surface area contributed by atoms with E-state index < -0.39 is 5.60 Å². The Hall–Kier alpha value is -0.710. The summed E-state index contributed by atoms with van der Waals surface area (Å²) in [6.45, 7) is 3.29. The predicted octanol–water partition coefficient (Wildman–Crippen LogP) is 3.59. The van der Waals surface area contributed by atoms with E-state index >= 15 is 0 Å². The molecule has 1 aliphatic rings. The summed E-state index contributed by atoms with van der Waals surface area (Å²) in [5.41, 5.74) is -0.618. The molecule has 1 aliphatic heterocycles. The van der Waals surface area contributed by atoms with Gasteiger partial charge in [-0.05, 0) is 50.5 Å². The Bertz CT molecular complexity index is 476. The fraction of sp³-hybridized carbons (Fsp3) is 0.562. The average molecular weight is 328 g/mol. The van der Waals surface area contributed by atoms with E-state index in [2.05, 4.69) is 0 Å². The number of amides is 1. The molecule has 1 aromatic carbocycles. The number of hydrogen-bond donors (Lipinski definition) is 1. The molecule has 1 unspecified atom stereocenters. The molecule has 1 N–H and O–H groups in total. The highest BCUT2D eigenvalue weighted by molar-refractivity contribution is 7.99. The van der Waals surface area contributed by atoms with Gasteiger partial charge in [0.2, 0.25) is 5.91 Å². The van der Waals surface area contributed by atoms with Crippen molar-refractivity contribution in [2.75, 3.05) is 18.8 Å². The topological polar surface area (TPSA) is 40.5 Å². The van der Waals surface area contributed by atoms with Crippen molar-refractivity contribution in [3.05, 3.63) is 29.3 Å². The van der Waals surface area contributed by atoms with Crippen LogP contribution in [-0.2, 0) is 4.79 Å². The second-order valence-corrected chi connectivity index (χ2v) is 7.39. The molecular formula is C16H22ClNO2S. The zero-order valence-corrected chi connectivity index (χ0v) is 13.9. The highest BCUT2D eigenvalue weighted by Crippen LogP contribution is 2.23. The van der Waals surface area contributed by atoms with Gasteiger partial charge in [0, 0.05) is 35.2 Å². The maximum atomic E-state index is 12.2. The molecule has 1 fully saturated rings. The van der Waals surface area contributed by atoms with Gasteiger partial charge in [-0.15, -0.1) is 11.8 Å². The number of nitrogens with zero attached hydrogens (tertiary/aromatic N) is 1. The summed E-state index contributed by atoms with van der Waals surface area (Å²) in [4.78, 5) is 15.2. The molecule has 116 valence electrons. The molecule has 1 aromatic rings. The Labute approximate surface area is 135 Å². The van der Waals surface area contributed by atoms with Crippen LogP contribution in [0.15, 0.2) is 29.2 Å². The van der Waals surface area contributed by atoms with E-state index in [0.717, 1.165) is 35.1 Å². The summed E-state index contributed by atoms with van der Waals surface area (Å²) in [6, 6.07) is 7.67. The molecule has 0 aliphatic carbocycles. The van der Waals surface area contributed by atoms with Crippen LogP contribution in [0.3, 0.4) is 0 Å². The lowest BCUT2D eigenvalue weighted by Crippen LogP contribution is -2.33. The molecule has 1 saturated heterocycles. The largest absolute Gasteiger partial charge is 0.390 e. The molecule has 0 saturated carbocycles. The number of halogens is 1. The molecular weight excluding hydrogens is 306 g/mol. The summed E-state index contributed by atoms with van der Waals surface area (Å²) >= 11 is 7.52. The van der Waals surface area contributed by atoms with Gasteiger partial charge in [0.15, 0.2) is 0 Å². The summed E-state index contributed by atoms with van der Waals surface area (Å²) in [7, 11) is 0. The van der Waals surface area contributed by atoms with Gasteiger partial charge in [-0.1, -0.05) is 11.6 Å². The second kappa shape index (κ2) is 7.52. The number of rotatable bonds is 4. The molecule has 0 radical (unpaired) electrons. The average Bonchev–Trinajstić information content (AvgIpc) is 2.62. The summed E-state index contributed by atoms with van der Waals surface area (Å²) in [5.74, 6) is 0.960. The number of benzene rings is 1. The molecule has 1 atom stereocenters. The Balaban J connectivity index is 1.75. The third kappa shape index (κ3) is 5.53. The second-order valence-electron chi connectivity index (χ2n) is 5.78. The Morgan fingerprint density at radius 1 is 1.33 bits per heavy atom. The molecule has 0 spiro atoms. The minimum atomic E-state index is -0.618. The lowest BCUT2D eigenvalue weighted by Gasteiger charge is -2.22. The van der Waals surface area contributed by atoms with E-state index in [1.807, 2.05) is 36.1 Å². The van der Waals surface area contributed by atoms with Crippen molar-refractivity contribution in [1.82, 2.24) is 4.90 Å². The molecule has 1 amide bonds. The van der Waals surface area contributed by atoms with Crippen molar-refractivity contribution in [1.29, 1.82) is 0 Å². The van der Waals surface area contributed by atoms with Crippen LogP contribution in [0.2, 0.25) is 5.02 Å². The number of likely N-dealkylation sites (tertiary alicyclic amines) is 1. The van der Waals surface area contributed by atoms with E-state index in [1.165, 1.54) is 0 Å². The number of thioether (sulfide) groups is 1. The molecule has 3 nitrogen and oxygen atoms in total. The van der Waals surface area contributed by atoms with Crippen molar-refractivity contribution in [3.63, 3.8) is 0 Å². The lowest BCUT2D eigenvalue weighted by atomic mass is 9.98. The van der Waals surface area contributed by atoms with Crippen LogP contribution in [-0.4, -0.2) is 40.4 Å². The Kier molecular flexibility index (Phi) is 5.97. The lowest BCUT2D eigenvalue weighted by molar-refractivity contribution is -0.130. The third-order valence-electron chi connectivity index (χ3n) is 3.81. The number of carbonyl (C=O) groups excluding carboxylic acids is 1. The first kappa shape index (κ1) is 16.7. The first-order valence-corrected chi connectivity index (χ1v) is 8.71. The van der Waals surface area contributed by atoms with E-state index in [-0.39, 0.29) is 5.91 Å². The zero-order chi connectivity index (χ0) is 15.3. The summed E-state index contributed by atoms with van der Waals surface area (Å²) < 4.78 is 0. The first-order chi connectivity index (χ1) is 9.96. The van der Waals surface area contributed by atoms with E-state index in [0.29, 0.717) is 19.4 Å². The van der Waals surface area contributed by atoms with Crippen LogP contribution in [0.25, 0.3) is 0 Å². The molecule has 1 heterocycles. The number of carbonyl (C=O) groups is 1. The van der Waals surface area contributed by atoms with Crippen LogP contribution in [0.5, 0.6) is 0 Å². The van der Waals surface area contributed by atoms with Crippen molar-refractivity contribution in [3.8, 4) is 0 Å². The van der Waals surface area contributed by atoms with Crippen LogP contribution >= 0.6 is 23.4 Å². The predicted molar refractivity (Wildman–Crippen MR) is 87.8 cm³/mol. The van der Waals surface area contributed by atoms with Gasteiger partial charge < -0.3 is 10.0 Å². The van der Waals surface area contributed by atoms with Gasteiger partial charge in [-0.2, -0.15) is 0 Å². The normalized spacial score (nSPS) is 22.9. The summed E-state index contributed by atoms with van der Waals surface area (Å²) in [5, 5.41) is 10.8. The van der Waals surface area contributed by atoms with E-state index in [1.54, 1.807) is 11.8 Å². The Morgan fingerprint density at radius 2 is 2.05 bits per heavy atom. The highest BCUT2D eigenvalue weighted by atomic mass is 35.5. The quantitative estimate of drug-likeness (QED) is 0.859. The van der Waals surface area contributed by atoms with Gasteiger partial charge in [0.25, 0.3) is 0 Å². The molecule has 0 aromatic heterocycles. The van der Waals surface area contributed by atoms with E-state index in [9.17, 15) is 9.90 Å². The molecule has 2 rings (SSSR count). The van der Waals surface area contributed by atoms with Gasteiger partial charge in [0.05, 0.1) is 5.60 Å². The minimum Gasteiger partial charge on any atom is -0.390 e. The van der Waals surface area contributed by atoms with Gasteiger partial charge in [0.1, 0.15) is 0 Å². The maximum absolute atomic E-state index is 12.2. The minimum absolute atomic E-state index is 0.189. The van der Waals surface area contributed by atoms with Crippen LogP contribution in [0.4, 0.5) is 0 Å². The van der Waals surface area contributed by atoms with E-state index in [4.69, 9.17) is 11.6 Å². The van der Waals surface area contributed by atoms with Crippen molar-refractivity contribution >= 4 is 29.3 Å². The van der Waals surface area contributed by atoms with Gasteiger partial charge in [-0.25, -0.2) is 0 Å². The van der Waals surface area contributed by atoms with Crippen molar-refractivity contribution in [2.45, 2.75) is 43.1 Å². The fourth-order valence-electron chi connectivity index (χ4n) is 2.46. The first-order valence-electron chi connectivity index (χ1n) is 7.35. The zero-order valence-electron chi connectivity index (χ0n) is 12.3. The van der Waals surface area contributed by atoms with Gasteiger partial charge in [-0.3, -0.25) is 4.79 Å².